The van der Waals surface area contributed by atoms with Gasteiger partial charge in [0.25, 0.3) is 0 Å². The van der Waals surface area contributed by atoms with Gasteiger partial charge in [-0.1, -0.05) is 18.2 Å². The molecule has 0 spiro atoms. The van der Waals surface area contributed by atoms with Gasteiger partial charge in [-0.05, 0) is 18.2 Å². The molecule has 88 valence electrons. The molecular weight excluding hydrogens is 231 g/mol. The molecule has 0 aliphatic rings. The summed E-state index contributed by atoms with van der Waals surface area (Å²) in [4.78, 5) is 0. The third-order valence-electron chi connectivity index (χ3n) is 2.19. The minimum Gasteiger partial charge on any atom is -0.382 e. The van der Waals surface area contributed by atoms with Crippen LogP contribution in [0.1, 0.15) is 5.56 Å². The molecule has 1 aromatic heterocycles. The highest BCUT2D eigenvalue weighted by Gasteiger charge is 2.33. The number of alkyl halides is 3. The molecule has 0 saturated carbocycles. The Kier molecular flexibility index (Phi) is 2.71. The molecule has 0 bridgehead atoms. The Morgan fingerprint density at radius 3 is 2.24 bits per heavy atom. The maximum atomic E-state index is 12.7. The highest BCUT2D eigenvalue weighted by Crippen LogP contribution is 2.35. The molecule has 2 rings (SSSR count). The first-order valence-electron chi connectivity index (χ1n) is 4.74. The van der Waals surface area contributed by atoms with Gasteiger partial charge in [-0.25, -0.2) is 0 Å². The second-order valence-electron chi connectivity index (χ2n) is 3.39. The molecule has 0 saturated heterocycles. The summed E-state index contributed by atoms with van der Waals surface area (Å²) in [6.07, 6.45) is -4.42. The van der Waals surface area contributed by atoms with E-state index in [1.54, 1.807) is 0 Å². The molecule has 0 aliphatic carbocycles. The number of rotatable bonds is 1. The van der Waals surface area contributed by atoms with E-state index < -0.39 is 11.7 Å². The highest BCUT2D eigenvalue weighted by atomic mass is 19.4. The van der Waals surface area contributed by atoms with Crippen molar-refractivity contribution in [1.82, 2.24) is 10.2 Å². The van der Waals surface area contributed by atoms with Gasteiger partial charge in [0.1, 0.15) is 5.82 Å². The number of hydrogen-bond acceptors (Lipinski definition) is 3. The van der Waals surface area contributed by atoms with Crippen molar-refractivity contribution >= 4 is 5.82 Å². The summed E-state index contributed by atoms with van der Waals surface area (Å²) in [5.74, 6) is 0.165. The molecule has 0 amide bonds. The second-order valence-corrected chi connectivity index (χ2v) is 3.39. The standard InChI is InChI=1S/C11H8F3N3/c12-11(13,14)8-4-2-1-3-7(8)9-5-6-10(15)17-16-9/h1-6H,(H2,15,17). The summed E-state index contributed by atoms with van der Waals surface area (Å²) < 4.78 is 38.2. The average molecular weight is 239 g/mol. The lowest BCUT2D eigenvalue weighted by Gasteiger charge is -2.11. The smallest absolute Gasteiger partial charge is 0.382 e. The first kappa shape index (κ1) is 11.4. The average Bonchev–Trinajstić information content (AvgIpc) is 2.29. The third-order valence-corrected chi connectivity index (χ3v) is 2.19. The maximum absolute atomic E-state index is 12.7. The largest absolute Gasteiger partial charge is 0.417 e. The van der Waals surface area contributed by atoms with E-state index in [0.29, 0.717) is 0 Å². The molecule has 0 fully saturated rings. The fraction of sp³-hybridized carbons (Fsp3) is 0.0909. The Morgan fingerprint density at radius 2 is 1.65 bits per heavy atom. The molecule has 1 aromatic carbocycles. The Labute approximate surface area is 95.1 Å². The number of benzene rings is 1. The SMILES string of the molecule is Nc1ccc(-c2ccccc2C(F)(F)F)nn1. The van der Waals surface area contributed by atoms with Gasteiger partial charge < -0.3 is 5.73 Å². The van der Waals surface area contributed by atoms with Crippen LogP contribution in [0.3, 0.4) is 0 Å². The van der Waals surface area contributed by atoms with Crippen molar-refractivity contribution in [3.05, 3.63) is 42.0 Å². The van der Waals surface area contributed by atoms with Gasteiger partial charge in [0, 0.05) is 5.56 Å². The van der Waals surface area contributed by atoms with Crippen LogP contribution in [-0.2, 0) is 6.18 Å². The summed E-state index contributed by atoms with van der Waals surface area (Å²) in [6, 6.07) is 8.03. The van der Waals surface area contributed by atoms with E-state index in [4.69, 9.17) is 5.73 Å². The number of nitrogen functional groups attached to an aromatic ring is 1. The van der Waals surface area contributed by atoms with Gasteiger partial charge in [-0.2, -0.15) is 13.2 Å². The summed E-state index contributed by atoms with van der Waals surface area (Å²) >= 11 is 0. The Hall–Kier alpha value is -2.11. The van der Waals surface area contributed by atoms with Crippen LogP contribution in [0.15, 0.2) is 36.4 Å². The van der Waals surface area contributed by atoms with Gasteiger partial charge >= 0.3 is 6.18 Å². The fourth-order valence-electron chi connectivity index (χ4n) is 1.44. The zero-order chi connectivity index (χ0) is 12.5. The molecule has 0 unspecified atom stereocenters. The molecule has 3 nitrogen and oxygen atoms in total. The lowest BCUT2D eigenvalue weighted by molar-refractivity contribution is -0.137. The maximum Gasteiger partial charge on any atom is 0.417 e. The summed E-state index contributed by atoms with van der Waals surface area (Å²) in [7, 11) is 0. The molecule has 17 heavy (non-hydrogen) atoms. The van der Waals surface area contributed by atoms with Crippen molar-refractivity contribution in [2.75, 3.05) is 5.73 Å². The fourth-order valence-corrected chi connectivity index (χ4v) is 1.44. The van der Waals surface area contributed by atoms with Crippen LogP contribution < -0.4 is 5.73 Å². The number of nitrogens with zero attached hydrogens (tertiary/aromatic N) is 2. The van der Waals surface area contributed by atoms with Crippen molar-refractivity contribution in [3.8, 4) is 11.3 Å². The normalized spacial score (nSPS) is 11.5. The van der Waals surface area contributed by atoms with E-state index >= 15 is 0 Å². The summed E-state index contributed by atoms with van der Waals surface area (Å²) in [6.45, 7) is 0. The molecule has 1 heterocycles. The van der Waals surface area contributed by atoms with Gasteiger partial charge in [0.15, 0.2) is 0 Å². The van der Waals surface area contributed by atoms with Crippen molar-refractivity contribution in [2.24, 2.45) is 0 Å². The molecular formula is C11H8F3N3. The second kappa shape index (κ2) is 4.04. The number of anilines is 1. The van der Waals surface area contributed by atoms with Gasteiger partial charge in [0.2, 0.25) is 0 Å². The third kappa shape index (κ3) is 2.35. The van der Waals surface area contributed by atoms with Crippen molar-refractivity contribution in [2.45, 2.75) is 6.18 Å². The quantitative estimate of drug-likeness (QED) is 0.832. The lowest BCUT2D eigenvalue weighted by Crippen LogP contribution is -2.07. The van der Waals surface area contributed by atoms with Gasteiger partial charge in [-0.15, -0.1) is 10.2 Å². The lowest BCUT2D eigenvalue weighted by atomic mass is 10.0. The zero-order valence-electron chi connectivity index (χ0n) is 8.57. The molecule has 0 aliphatic heterocycles. The van der Waals surface area contributed by atoms with Crippen LogP contribution in [0.5, 0.6) is 0 Å². The molecule has 2 N–H and O–H groups in total. The van der Waals surface area contributed by atoms with Gasteiger partial charge in [-0.3, -0.25) is 0 Å². The molecule has 2 aromatic rings. The number of hydrogen-bond donors (Lipinski definition) is 1. The Morgan fingerprint density at radius 1 is 0.941 bits per heavy atom. The Balaban J connectivity index is 2.56. The number of aromatic nitrogens is 2. The van der Waals surface area contributed by atoms with Crippen LogP contribution in [0, 0.1) is 0 Å². The Bertz CT molecular complexity index is 520. The minimum absolute atomic E-state index is 0.00694. The van der Waals surface area contributed by atoms with Crippen molar-refractivity contribution in [3.63, 3.8) is 0 Å². The van der Waals surface area contributed by atoms with Gasteiger partial charge in [0.05, 0.1) is 11.3 Å². The predicted molar refractivity (Wildman–Crippen MR) is 56.9 cm³/mol. The first-order valence-corrected chi connectivity index (χ1v) is 4.74. The predicted octanol–water partition coefficient (Wildman–Crippen LogP) is 2.74. The van der Waals surface area contributed by atoms with E-state index in [1.165, 1.54) is 30.3 Å². The molecule has 6 heteroatoms. The molecule has 0 radical (unpaired) electrons. The van der Waals surface area contributed by atoms with Crippen LogP contribution in [0.2, 0.25) is 0 Å². The minimum atomic E-state index is -4.42. The van der Waals surface area contributed by atoms with Crippen LogP contribution in [-0.4, -0.2) is 10.2 Å². The van der Waals surface area contributed by atoms with Crippen LogP contribution in [0.4, 0.5) is 19.0 Å². The highest BCUT2D eigenvalue weighted by molar-refractivity contribution is 5.64. The van der Waals surface area contributed by atoms with E-state index in [0.717, 1.165) is 6.07 Å². The van der Waals surface area contributed by atoms with E-state index in [1.807, 2.05) is 0 Å². The molecule has 0 atom stereocenters. The summed E-state index contributed by atoms with van der Waals surface area (Å²) in [5.41, 5.74) is 4.73. The van der Waals surface area contributed by atoms with Crippen molar-refractivity contribution < 1.29 is 13.2 Å². The summed E-state index contributed by atoms with van der Waals surface area (Å²) in [5, 5.41) is 7.19. The van der Waals surface area contributed by atoms with E-state index in [9.17, 15) is 13.2 Å². The zero-order valence-corrected chi connectivity index (χ0v) is 8.57. The monoisotopic (exact) mass is 239 g/mol. The van der Waals surface area contributed by atoms with Crippen molar-refractivity contribution in [1.29, 1.82) is 0 Å². The van der Waals surface area contributed by atoms with E-state index in [-0.39, 0.29) is 17.1 Å². The number of halogens is 3. The van der Waals surface area contributed by atoms with E-state index in [2.05, 4.69) is 10.2 Å². The first-order chi connectivity index (χ1) is 7.98. The topological polar surface area (TPSA) is 51.8 Å². The van der Waals surface area contributed by atoms with Crippen LogP contribution in [0.25, 0.3) is 11.3 Å². The van der Waals surface area contributed by atoms with Crippen LogP contribution >= 0.6 is 0 Å². The number of nitrogens with two attached hydrogens (primary N) is 1.